The number of nitrogens with one attached hydrogen (secondary N) is 1. The van der Waals surface area contributed by atoms with Crippen LogP contribution in [0.1, 0.15) is 40.8 Å². The topological polar surface area (TPSA) is 85.6 Å². The summed E-state index contributed by atoms with van der Waals surface area (Å²) in [4.78, 5) is 20.9. The number of pyridine rings is 1. The molecule has 4 aromatic rings. The zero-order valence-corrected chi connectivity index (χ0v) is 20.7. The first-order valence-corrected chi connectivity index (χ1v) is 12.8. The van der Waals surface area contributed by atoms with E-state index in [2.05, 4.69) is 32.4 Å². The van der Waals surface area contributed by atoms with Gasteiger partial charge in [0.25, 0.3) is 5.91 Å². The van der Waals surface area contributed by atoms with Gasteiger partial charge in [0, 0.05) is 34.9 Å². The van der Waals surface area contributed by atoms with Crippen molar-refractivity contribution in [2.24, 2.45) is 0 Å². The molecular formula is C23H23ClN6OS2. The molecule has 0 saturated heterocycles. The van der Waals surface area contributed by atoms with Crippen LogP contribution in [0.2, 0.25) is 5.02 Å². The van der Waals surface area contributed by atoms with Crippen molar-refractivity contribution in [3.8, 4) is 17.1 Å². The Morgan fingerprint density at radius 3 is 2.82 bits per heavy atom. The summed E-state index contributed by atoms with van der Waals surface area (Å²) in [5.74, 6) is 1.15. The minimum absolute atomic E-state index is 0.131. The van der Waals surface area contributed by atoms with Crippen LogP contribution in [-0.2, 0) is 5.75 Å². The van der Waals surface area contributed by atoms with Gasteiger partial charge in [0.15, 0.2) is 11.0 Å². The molecule has 0 unspecified atom stereocenters. The van der Waals surface area contributed by atoms with E-state index in [1.54, 1.807) is 17.8 Å². The molecule has 0 fully saturated rings. The number of thiazole rings is 1. The Bertz CT molecular complexity index is 1240. The molecule has 33 heavy (non-hydrogen) atoms. The van der Waals surface area contributed by atoms with Gasteiger partial charge in [-0.15, -0.1) is 21.5 Å². The summed E-state index contributed by atoms with van der Waals surface area (Å²) in [6.45, 7) is 4.78. The van der Waals surface area contributed by atoms with Crippen molar-refractivity contribution in [1.82, 2.24) is 30.0 Å². The number of benzene rings is 1. The number of halogens is 1. The molecule has 7 nitrogen and oxygen atoms in total. The van der Waals surface area contributed by atoms with Gasteiger partial charge in [-0.3, -0.25) is 14.3 Å². The van der Waals surface area contributed by atoms with E-state index in [0.717, 1.165) is 39.8 Å². The minimum Gasteiger partial charge on any atom is -0.351 e. The van der Waals surface area contributed by atoms with E-state index in [1.165, 1.54) is 23.1 Å². The van der Waals surface area contributed by atoms with Crippen LogP contribution in [0.3, 0.4) is 0 Å². The molecule has 170 valence electrons. The lowest BCUT2D eigenvalue weighted by Gasteiger charge is -2.13. The Labute approximate surface area is 205 Å². The highest BCUT2D eigenvalue weighted by molar-refractivity contribution is 7.98. The van der Waals surface area contributed by atoms with Crippen molar-refractivity contribution < 1.29 is 4.79 Å². The second-order valence-electron chi connectivity index (χ2n) is 7.33. The molecule has 0 aliphatic carbocycles. The third-order valence-electron chi connectivity index (χ3n) is 4.91. The molecule has 3 heterocycles. The number of hydrogen-bond acceptors (Lipinski definition) is 7. The largest absolute Gasteiger partial charge is 0.351 e. The van der Waals surface area contributed by atoms with Gasteiger partial charge in [-0.05, 0) is 43.2 Å². The smallest absolute Gasteiger partial charge is 0.270 e. The first-order chi connectivity index (χ1) is 16.1. The van der Waals surface area contributed by atoms with Crippen LogP contribution in [0.5, 0.6) is 0 Å². The fourth-order valence-electron chi connectivity index (χ4n) is 3.17. The fraction of sp³-hybridized carbons (Fsp3) is 0.261. The summed E-state index contributed by atoms with van der Waals surface area (Å²) < 4.78 is 2.01. The summed E-state index contributed by atoms with van der Waals surface area (Å²) in [5.41, 5.74) is 3.33. The summed E-state index contributed by atoms with van der Waals surface area (Å²) in [6.07, 6.45) is 5.45. The summed E-state index contributed by atoms with van der Waals surface area (Å²) in [5, 5.41) is 15.8. The molecule has 0 radical (unpaired) electrons. The van der Waals surface area contributed by atoms with Gasteiger partial charge >= 0.3 is 0 Å². The fourth-order valence-corrected chi connectivity index (χ4v) is 5.07. The number of aryl methyl sites for hydroxylation is 1. The number of rotatable bonds is 9. The molecule has 0 bridgehead atoms. The van der Waals surface area contributed by atoms with Gasteiger partial charge in [0.2, 0.25) is 0 Å². The van der Waals surface area contributed by atoms with E-state index in [4.69, 9.17) is 11.6 Å². The molecule has 4 rings (SSSR count). The van der Waals surface area contributed by atoms with Crippen LogP contribution in [0.15, 0.2) is 53.3 Å². The first-order valence-electron chi connectivity index (χ1n) is 10.5. The molecule has 1 amide bonds. The van der Waals surface area contributed by atoms with Gasteiger partial charge in [-0.1, -0.05) is 42.8 Å². The van der Waals surface area contributed by atoms with E-state index < -0.39 is 0 Å². The van der Waals surface area contributed by atoms with Gasteiger partial charge in [0.05, 0.1) is 11.4 Å². The van der Waals surface area contributed by atoms with Crippen LogP contribution in [0.4, 0.5) is 0 Å². The molecule has 1 N–H and O–H groups in total. The number of unbranched alkanes of at least 4 members (excludes halogenated alkanes) is 1. The minimum atomic E-state index is -0.131. The van der Waals surface area contributed by atoms with Crippen molar-refractivity contribution in [2.75, 3.05) is 6.54 Å². The van der Waals surface area contributed by atoms with E-state index in [9.17, 15) is 4.79 Å². The average Bonchev–Trinajstić information content (AvgIpc) is 3.47. The number of aromatic nitrogens is 5. The Morgan fingerprint density at radius 2 is 2.03 bits per heavy atom. The lowest BCUT2D eigenvalue weighted by molar-refractivity contribution is 0.0948. The maximum Gasteiger partial charge on any atom is 0.270 e. The molecule has 3 aromatic heterocycles. The number of carbonyl (C=O) groups is 1. The zero-order valence-electron chi connectivity index (χ0n) is 18.3. The van der Waals surface area contributed by atoms with Crippen LogP contribution in [0.25, 0.3) is 17.1 Å². The highest BCUT2D eigenvalue weighted by atomic mass is 35.5. The third kappa shape index (κ3) is 5.61. The van der Waals surface area contributed by atoms with Crippen molar-refractivity contribution in [1.29, 1.82) is 0 Å². The molecular weight excluding hydrogens is 476 g/mol. The van der Waals surface area contributed by atoms with Crippen LogP contribution >= 0.6 is 34.7 Å². The molecule has 0 saturated carbocycles. The number of amides is 1. The SMILES string of the molecule is CCCCNC(=O)c1csc(CSc2nnc(-c3ccncc3)n2-c2cc(Cl)ccc2C)n1. The lowest BCUT2D eigenvalue weighted by Crippen LogP contribution is -2.24. The molecule has 0 aliphatic heterocycles. The first kappa shape index (κ1) is 23.4. The van der Waals surface area contributed by atoms with E-state index in [0.29, 0.717) is 28.8 Å². The second kappa shape index (κ2) is 10.9. The highest BCUT2D eigenvalue weighted by Crippen LogP contribution is 2.32. The second-order valence-corrected chi connectivity index (χ2v) is 9.65. The van der Waals surface area contributed by atoms with E-state index in [1.807, 2.05) is 41.8 Å². The summed E-state index contributed by atoms with van der Waals surface area (Å²) >= 11 is 9.30. The predicted molar refractivity (Wildman–Crippen MR) is 133 cm³/mol. The Kier molecular flexibility index (Phi) is 7.74. The third-order valence-corrected chi connectivity index (χ3v) is 7.12. The maximum absolute atomic E-state index is 12.3. The average molecular weight is 499 g/mol. The van der Waals surface area contributed by atoms with Crippen LogP contribution in [0, 0.1) is 6.92 Å². The molecule has 0 spiro atoms. The Balaban J connectivity index is 1.59. The Hall–Kier alpha value is -2.75. The number of nitrogens with zero attached hydrogens (tertiary/aromatic N) is 5. The van der Waals surface area contributed by atoms with Gasteiger partial charge in [-0.2, -0.15) is 0 Å². The standard InChI is InChI=1S/C23H23ClN6OS2/c1-3-4-9-26-22(31)18-13-32-20(27-18)14-33-23-29-28-21(16-7-10-25-11-8-16)30(23)19-12-17(24)6-5-15(19)2/h5-8,10-13H,3-4,9,14H2,1-2H3,(H,26,31). The number of thioether (sulfide) groups is 1. The van der Waals surface area contributed by atoms with Gasteiger partial charge in [-0.25, -0.2) is 4.98 Å². The monoisotopic (exact) mass is 498 g/mol. The van der Waals surface area contributed by atoms with E-state index >= 15 is 0 Å². The maximum atomic E-state index is 12.3. The molecule has 10 heteroatoms. The molecule has 0 atom stereocenters. The van der Waals surface area contributed by atoms with Crippen molar-refractivity contribution in [3.05, 3.63) is 69.4 Å². The summed E-state index contributed by atoms with van der Waals surface area (Å²) in [6, 6.07) is 9.56. The van der Waals surface area contributed by atoms with Gasteiger partial charge in [0.1, 0.15) is 10.7 Å². The highest BCUT2D eigenvalue weighted by Gasteiger charge is 2.19. The summed E-state index contributed by atoms with van der Waals surface area (Å²) in [7, 11) is 0. The van der Waals surface area contributed by atoms with E-state index in [-0.39, 0.29) is 5.91 Å². The van der Waals surface area contributed by atoms with Crippen molar-refractivity contribution in [2.45, 2.75) is 37.6 Å². The quantitative estimate of drug-likeness (QED) is 0.240. The number of carbonyl (C=O) groups excluding carboxylic acids is 1. The molecule has 1 aromatic carbocycles. The Morgan fingerprint density at radius 1 is 1.21 bits per heavy atom. The van der Waals surface area contributed by atoms with Crippen molar-refractivity contribution >= 4 is 40.6 Å². The molecule has 0 aliphatic rings. The predicted octanol–water partition coefficient (Wildman–Crippen LogP) is 5.57. The number of hydrogen-bond donors (Lipinski definition) is 1. The van der Waals surface area contributed by atoms with Crippen LogP contribution in [-0.4, -0.2) is 37.2 Å². The zero-order chi connectivity index (χ0) is 23.2. The lowest BCUT2D eigenvalue weighted by atomic mass is 10.2. The van der Waals surface area contributed by atoms with Crippen LogP contribution < -0.4 is 5.32 Å². The van der Waals surface area contributed by atoms with Gasteiger partial charge < -0.3 is 5.32 Å². The van der Waals surface area contributed by atoms with Crippen molar-refractivity contribution in [3.63, 3.8) is 0 Å². The normalized spacial score (nSPS) is 11.0.